The Bertz CT molecular complexity index is 535. The van der Waals surface area contributed by atoms with E-state index in [1.165, 1.54) is 0 Å². The molecule has 1 unspecified atom stereocenters. The van der Waals surface area contributed by atoms with Crippen molar-refractivity contribution in [3.05, 3.63) is 35.4 Å². The number of carbonyl (C=O) groups excluding carboxylic acids is 1. The molecule has 0 aliphatic heterocycles. The Morgan fingerprint density at radius 2 is 1.95 bits per heavy atom. The molecule has 4 nitrogen and oxygen atoms in total. The summed E-state index contributed by atoms with van der Waals surface area (Å²) in [7, 11) is 0. The van der Waals surface area contributed by atoms with Crippen LogP contribution >= 0.6 is 0 Å². The minimum absolute atomic E-state index is 0.0984. The van der Waals surface area contributed by atoms with E-state index in [1.54, 1.807) is 18.2 Å². The van der Waals surface area contributed by atoms with Gasteiger partial charge in [-0.05, 0) is 43.4 Å². The quantitative estimate of drug-likeness (QED) is 0.876. The molecule has 4 heteroatoms. The lowest BCUT2D eigenvalue weighted by atomic mass is 10.0. The van der Waals surface area contributed by atoms with E-state index in [0.717, 1.165) is 18.4 Å². The molecule has 1 aromatic rings. The van der Waals surface area contributed by atoms with Crippen molar-refractivity contribution >= 4 is 11.9 Å². The van der Waals surface area contributed by atoms with Gasteiger partial charge in [0.15, 0.2) is 0 Å². The van der Waals surface area contributed by atoms with Gasteiger partial charge in [-0.15, -0.1) is 0 Å². The van der Waals surface area contributed by atoms with Crippen LogP contribution < -0.4 is 0 Å². The van der Waals surface area contributed by atoms with E-state index in [1.807, 2.05) is 11.0 Å². The van der Waals surface area contributed by atoms with Crippen LogP contribution in [0.2, 0.25) is 0 Å². The first-order valence-corrected chi connectivity index (χ1v) is 7.53. The normalized spacial score (nSPS) is 15.8. The molecule has 0 bridgehead atoms. The number of rotatable bonds is 6. The van der Waals surface area contributed by atoms with Crippen molar-refractivity contribution in [3.8, 4) is 0 Å². The standard InChI is InChI=1S/C17H23NO3/c1-11(2)12(3)18(15-7-8-15)16(19)10-13-5-4-6-14(9-13)17(20)21/h4-6,9,11-12,15H,7-8,10H2,1-3H3,(H,20,21). The van der Waals surface area contributed by atoms with Gasteiger partial charge in [-0.2, -0.15) is 0 Å². The molecule has 0 saturated heterocycles. The van der Waals surface area contributed by atoms with Crippen LogP contribution in [0, 0.1) is 5.92 Å². The van der Waals surface area contributed by atoms with Gasteiger partial charge in [0.05, 0.1) is 12.0 Å². The predicted molar refractivity (Wildman–Crippen MR) is 81.3 cm³/mol. The van der Waals surface area contributed by atoms with Crippen molar-refractivity contribution in [2.24, 2.45) is 5.92 Å². The van der Waals surface area contributed by atoms with E-state index in [0.29, 0.717) is 12.0 Å². The third kappa shape index (κ3) is 3.84. The first kappa shape index (κ1) is 15.5. The number of carboxylic acid groups (broad SMARTS) is 1. The molecule has 1 saturated carbocycles. The highest BCUT2D eigenvalue weighted by molar-refractivity contribution is 5.88. The van der Waals surface area contributed by atoms with Gasteiger partial charge in [-0.3, -0.25) is 4.79 Å². The minimum atomic E-state index is -0.959. The van der Waals surface area contributed by atoms with Gasteiger partial charge in [0.1, 0.15) is 0 Å². The number of amides is 1. The van der Waals surface area contributed by atoms with Crippen LogP contribution in [0.4, 0.5) is 0 Å². The fourth-order valence-corrected chi connectivity index (χ4v) is 2.52. The molecule has 0 heterocycles. The highest BCUT2D eigenvalue weighted by Gasteiger charge is 2.36. The SMILES string of the molecule is CC(C)C(C)N(C(=O)Cc1cccc(C(=O)O)c1)C1CC1. The Morgan fingerprint density at radius 1 is 1.29 bits per heavy atom. The van der Waals surface area contributed by atoms with Gasteiger partial charge < -0.3 is 10.0 Å². The third-order valence-corrected chi connectivity index (χ3v) is 4.16. The molecule has 1 amide bonds. The summed E-state index contributed by atoms with van der Waals surface area (Å²) in [5, 5.41) is 9.02. The minimum Gasteiger partial charge on any atom is -0.478 e. The molecule has 2 rings (SSSR count). The summed E-state index contributed by atoms with van der Waals surface area (Å²) in [6, 6.07) is 7.23. The van der Waals surface area contributed by atoms with Crippen molar-refractivity contribution in [3.63, 3.8) is 0 Å². The summed E-state index contributed by atoms with van der Waals surface area (Å²) in [5.41, 5.74) is 0.997. The molecule has 0 aromatic heterocycles. The van der Waals surface area contributed by atoms with E-state index >= 15 is 0 Å². The summed E-state index contributed by atoms with van der Waals surface area (Å²) in [5.74, 6) is -0.444. The van der Waals surface area contributed by atoms with Crippen molar-refractivity contribution in [2.75, 3.05) is 0 Å². The molecule has 1 aliphatic carbocycles. The molecule has 1 N–H and O–H groups in total. The van der Waals surface area contributed by atoms with Crippen LogP contribution in [0.25, 0.3) is 0 Å². The first-order chi connectivity index (χ1) is 9.90. The molecule has 1 aliphatic rings. The van der Waals surface area contributed by atoms with Crippen molar-refractivity contribution in [2.45, 2.75) is 52.1 Å². The van der Waals surface area contributed by atoms with Crippen LogP contribution in [0.3, 0.4) is 0 Å². The maximum atomic E-state index is 12.6. The number of hydrogen-bond acceptors (Lipinski definition) is 2. The summed E-state index contributed by atoms with van der Waals surface area (Å²) in [6.45, 7) is 6.34. The average molecular weight is 289 g/mol. The van der Waals surface area contributed by atoms with Crippen LogP contribution in [0.15, 0.2) is 24.3 Å². The summed E-state index contributed by atoms with van der Waals surface area (Å²) in [4.78, 5) is 25.6. The second-order valence-corrected chi connectivity index (χ2v) is 6.20. The highest BCUT2D eigenvalue weighted by atomic mass is 16.4. The topological polar surface area (TPSA) is 57.6 Å². The highest BCUT2D eigenvalue weighted by Crippen LogP contribution is 2.31. The van der Waals surface area contributed by atoms with E-state index in [2.05, 4.69) is 20.8 Å². The van der Waals surface area contributed by atoms with E-state index in [-0.39, 0.29) is 23.9 Å². The number of carboxylic acids is 1. The Balaban J connectivity index is 2.12. The fraction of sp³-hybridized carbons (Fsp3) is 0.529. The van der Waals surface area contributed by atoms with Crippen molar-refractivity contribution in [1.82, 2.24) is 4.90 Å². The first-order valence-electron chi connectivity index (χ1n) is 7.53. The lowest BCUT2D eigenvalue weighted by Gasteiger charge is -2.32. The molecular formula is C17H23NO3. The Morgan fingerprint density at radius 3 is 2.48 bits per heavy atom. The molecule has 114 valence electrons. The van der Waals surface area contributed by atoms with E-state index in [4.69, 9.17) is 5.11 Å². The van der Waals surface area contributed by atoms with Gasteiger partial charge in [0.25, 0.3) is 0 Å². The van der Waals surface area contributed by atoms with Crippen LogP contribution in [-0.4, -0.2) is 34.0 Å². The predicted octanol–water partition coefficient (Wildman–Crippen LogP) is 2.96. The zero-order valence-corrected chi connectivity index (χ0v) is 12.9. The van der Waals surface area contributed by atoms with Crippen molar-refractivity contribution < 1.29 is 14.7 Å². The maximum Gasteiger partial charge on any atom is 0.335 e. The Labute approximate surface area is 125 Å². The van der Waals surface area contributed by atoms with Gasteiger partial charge in [0, 0.05) is 12.1 Å². The molecule has 0 spiro atoms. The Kier molecular flexibility index (Phi) is 4.66. The van der Waals surface area contributed by atoms with Gasteiger partial charge >= 0.3 is 5.97 Å². The molecule has 0 radical (unpaired) electrons. The summed E-state index contributed by atoms with van der Waals surface area (Å²) in [6.07, 6.45) is 2.44. The average Bonchev–Trinajstić information content (AvgIpc) is 3.23. The number of aromatic carboxylic acids is 1. The fourth-order valence-electron chi connectivity index (χ4n) is 2.52. The smallest absolute Gasteiger partial charge is 0.335 e. The molecule has 21 heavy (non-hydrogen) atoms. The van der Waals surface area contributed by atoms with Crippen LogP contribution in [0.1, 0.15) is 49.5 Å². The van der Waals surface area contributed by atoms with Crippen LogP contribution in [0.5, 0.6) is 0 Å². The largest absolute Gasteiger partial charge is 0.478 e. The van der Waals surface area contributed by atoms with E-state index in [9.17, 15) is 9.59 Å². The molecule has 1 aromatic carbocycles. The van der Waals surface area contributed by atoms with Gasteiger partial charge in [0.2, 0.25) is 5.91 Å². The summed E-state index contributed by atoms with van der Waals surface area (Å²) >= 11 is 0. The van der Waals surface area contributed by atoms with Gasteiger partial charge in [-0.25, -0.2) is 4.79 Å². The monoisotopic (exact) mass is 289 g/mol. The van der Waals surface area contributed by atoms with Gasteiger partial charge in [-0.1, -0.05) is 26.0 Å². The molecule has 1 fully saturated rings. The molecular weight excluding hydrogens is 266 g/mol. The van der Waals surface area contributed by atoms with Crippen molar-refractivity contribution in [1.29, 1.82) is 0 Å². The molecule has 1 atom stereocenters. The Hall–Kier alpha value is -1.84. The lowest BCUT2D eigenvalue weighted by molar-refractivity contribution is -0.134. The zero-order valence-electron chi connectivity index (χ0n) is 12.9. The third-order valence-electron chi connectivity index (χ3n) is 4.16. The van der Waals surface area contributed by atoms with Crippen LogP contribution in [-0.2, 0) is 11.2 Å². The number of nitrogens with zero attached hydrogens (tertiary/aromatic N) is 1. The van der Waals surface area contributed by atoms with E-state index < -0.39 is 5.97 Å². The number of hydrogen-bond donors (Lipinski definition) is 1. The lowest BCUT2D eigenvalue weighted by Crippen LogP contribution is -2.43. The number of carbonyl (C=O) groups is 2. The number of benzene rings is 1. The second-order valence-electron chi connectivity index (χ2n) is 6.20. The maximum absolute atomic E-state index is 12.6. The summed E-state index contributed by atoms with van der Waals surface area (Å²) < 4.78 is 0. The second kappa shape index (κ2) is 6.29. The zero-order chi connectivity index (χ0) is 15.6.